The molecule has 3 atom stereocenters. The van der Waals surface area contributed by atoms with E-state index in [1.165, 1.54) is 38.8 Å². The molecule has 0 bridgehead atoms. The van der Waals surface area contributed by atoms with Crippen molar-refractivity contribution in [1.82, 2.24) is 10.2 Å². The Balaban J connectivity index is 1.69. The maximum atomic E-state index is 3.60. The first kappa shape index (κ1) is 13.4. The van der Waals surface area contributed by atoms with E-state index in [2.05, 4.69) is 37.9 Å². The summed E-state index contributed by atoms with van der Waals surface area (Å²) in [7, 11) is 0. The van der Waals surface area contributed by atoms with Gasteiger partial charge in [-0.25, -0.2) is 0 Å². The molecular weight excluding hydrogens is 208 g/mol. The Hall–Kier alpha value is -0.0800. The first-order valence-corrected chi connectivity index (χ1v) is 7.45. The molecule has 2 nitrogen and oxygen atoms in total. The second kappa shape index (κ2) is 5.27. The Morgan fingerprint density at radius 2 is 1.76 bits per heavy atom. The van der Waals surface area contributed by atoms with Crippen LogP contribution in [0.15, 0.2) is 0 Å². The van der Waals surface area contributed by atoms with Crippen molar-refractivity contribution < 1.29 is 0 Å². The zero-order chi connectivity index (χ0) is 12.5. The maximum absolute atomic E-state index is 3.60. The molecule has 2 heteroatoms. The minimum atomic E-state index is 0.265. The van der Waals surface area contributed by atoms with E-state index in [4.69, 9.17) is 0 Å². The second-order valence-electron chi connectivity index (χ2n) is 7.22. The molecule has 0 aromatic carbocycles. The molecule has 0 aromatic heterocycles. The Morgan fingerprint density at radius 3 is 2.29 bits per heavy atom. The quantitative estimate of drug-likeness (QED) is 0.810. The molecule has 100 valence electrons. The van der Waals surface area contributed by atoms with Crippen molar-refractivity contribution in [3.8, 4) is 0 Å². The van der Waals surface area contributed by atoms with Crippen molar-refractivity contribution in [2.75, 3.05) is 19.6 Å². The van der Waals surface area contributed by atoms with Crippen molar-refractivity contribution in [3.05, 3.63) is 0 Å². The van der Waals surface area contributed by atoms with E-state index in [0.717, 1.165) is 24.4 Å². The van der Waals surface area contributed by atoms with Gasteiger partial charge in [-0.15, -0.1) is 0 Å². The molecular formula is C15H30N2. The largest absolute Gasteiger partial charge is 0.312 e. The van der Waals surface area contributed by atoms with Gasteiger partial charge in [0, 0.05) is 24.7 Å². The average molecular weight is 238 g/mol. The summed E-state index contributed by atoms with van der Waals surface area (Å²) in [6.07, 6.45) is 5.77. The number of likely N-dealkylation sites (tertiary alicyclic amines) is 1. The molecule has 1 saturated heterocycles. The first-order valence-electron chi connectivity index (χ1n) is 7.45. The third kappa shape index (κ3) is 3.69. The Labute approximate surface area is 107 Å². The maximum Gasteiger partial charge on any atom is 0.00965 e. The highest BCUT2D eigenvalue weighted by atomic mass is 15.2. The zero-order valence-electron chi connectivity index (χ0n) is 12.1. The zero-order valence-corrected chi connectivity index (χ0v) is 12.1. The van der Waals surface area contributed by atoms with Crippen LogP contribution in [0.5, 0.6) is 0 Å². The highest BCUT2D eigenvalue weighted by molar-refractivity contribution is 4.90. The number of nitrogens with zero attached hydrogens (tertiary/aromatic N) is 1. The molecule has 1 saturated carbocycles. The van der Waals surface area contributed by atoms with Gasteiger partial charge in [0.1, 0.15) is 0 Å². The molecule has 2 rings (SSSR count). The van der Waals surface area contributed by atoms with Gasteiger partial charge in [-0.1, -0.05) is 6.42 Å². The number of hydrogen-bond donors (Lipinski definition) is 1. The van der Waals surface area contributed by atoms with Crippen molar-refractivity contribution in [1.29, 1.82) is 0 Å². The molecule has 0 spiro atoms. The number of nitrogens with one attached hydrogen (secondary N) is 1. The van der Waals surface area contributed by atoms with Gasteiger partial charge in [-0.05, 0) is 65.3 Å². The fourth-order valence-corrected chi connectivity index (χ4v) is 3.47. The summed E-state index contributed by atoms with van der Waals surface area (Å²) in [5, 5.41) is 3.60. The predicted molar refractivity (Wildman–Crippen MR) is 74.2 cm³/mol. The molecule has 0 amide bonds. The van der Waals surface area contributed by atoms with Crippen LogP contribution in [-0.2, 0) is 0 Å². The van der Waals surface area contributed by atoms with Crippen LogP contribution in [0.25, 0.3) is 0 Å². The van der Waals surface area contributed by atoms with Crippen LogP contribution >= 0.6 is 0 Å². The van der Waals surface area contributed by atoms with Crippen LogP contribution in [0, 0.1) is 11.8 Å². The molecule has 0 radical (unpaired) electrons. The van der Waals surface area contributed by atoms with E-state index in [0.29, 0.717) is 0 Å². The Morgan fingerprint density at radius 1 is 1.18 bits per heavy atom. The van der Waals surface area contributed by atoms with Crippen LogP contribution in [0.3, 0.4) is 0 Å². The lowest BCUT2D eigenvalue weighted by molar-refractivity contribution is 0.223. The topological polar surface area (TPSA) is 15.3 Å². The predicted octanol–water partition coefficient (Wildman–Crippen LogP) is 2.89. The highest BCUT2D eigenvalue weighted by Gasteiger charge is 2.37. The molecule has 1 N–H and O–H groups in total. The summed E-state index contributed by atoms with van der Waals surface area (Å²) in [5.74, 6) is 2.07. The monoisotopic (exact) mass is 238 g/mol. The van der Waals surface area contributed by atoms with Crippen LogP contribution < -0.4 is 5.32 Å². The summed E-state index contributed by atoms with van der Waals surface area (Å²) in [6, 6.07) is 0.760. The smallest absolute Gasteiger partial charge is 0.00965 e. The number of fused-ring (bicyclic) bond motifs is 1. The van der Waals surface area contributed by atoms with Crippen molar-refractivity contribution in [2.24, 2.45) is 11.8 Å². The molecule has 17 heavy (non-hydrogen) atoms. The van der Waals surface area contributed by atoms with E-state index >= 15 is 0 Å². The Bertz CT molecular complexity index is 232. The fourth-order valence-electron chi connectivity index (χ4n) is 3.47. The molecule has 3 unspecified atom stereocenters. The first-order chi connectivity index (χ1) is 7.96. The van der Waals surface area contributed by atoms with Crippen LogP contribution in [0.2, 0.25) is 0 Å². The van der Waals surface area contributed by atoms with Crippen molar-refractivity contribution >= 4 is 0 Å². The van der Waals surface area contributed by atoms with Gasteiger partial charge in [0.05, 0.1) is 0 Å². The van der Waals surface area contributed by atoms with Gasteiger partial charge in [0.15, 0.2) is 0 Å². The summed E-state index contributed by atoms with van der Waals surface area (Å²) < 4.78 is 0. The Kier molecular flexibility index (Phi) is 4.14. The summed E-state index contributed by atoms with van der Waals surface area (Å²) >= 11 is 0. The third-order valence-corrected chi connectivity index (χ3v) is 4.60. The minimum absolute atomic E-state index is 0.265. The second-order valence-corrected chi connectivity index (χ2v) is 7.22. The number of rotatable bonds is 4. The third-order valence-electron chi connectivity index (χ3n) is 4.60. The summed E-state index contributed by atoms with van der Waals surface area (Å²) in [4.78, 5) is 2.73. The fraction of sp³-hybridized carbons (Fsp3) is 1.00. The molecule has 2 fully saturated rings. The van der Waals surface area contributed by atoms with Gasteiger partial charge in [-0.3, -0.25) is 0 Å². The summed E-state index contributed by atoms with van der Waals surface area (Å²) in [5.41, 5.74) is 0.265. The van der Waals surface area contributed by atoms with E-state index in [9.17, 15) is 0 Å². The van der Waals surface area contributed by atoms with E-state index in [-0.39, 0.29) is 5.54 Å². The molecule has 2 aliphatic rings. The number of hydrogen-bond acceptors (Lipinski definition) is 2. The van der Waals surface area contributed by atoms with Gasteiger partial charge in [0.2, 0.25) is 0 Å². The summed E-state index contributed by atoms with van der Waals surface area (Å²) in [6.45, 7) is 13.1. The van der Waals surface area contributed by atoms with Crippen LogP contribution in [-0.4, -0.2) is 36.1 Å². The van der Waals surface area contributed by atoms with Gasteiger partial charge in [-0.2, -0.15) is 0 Å². The van der Waals surface area contributed by atoms with Crippen LogP contribution in [0.4, 0.5) is 0 Å². The van der Waals surface area contributed by atoms with Crippen molar-refractivity contribution in [2.45, 2.75) is 65.0 Å². The normalized spacial score (nSPS) is 31.8. The van der Waals surface area contributed by atoms with E-state index in [1.807, 2.05) is 0 Å². The lowest BCUT2D eigenvalue weighted by Crippen LogP contribution is -2.40. The molecule has 1 aliphatic heterocycles. The van der Waals surface area contributed by atoms with Crippen molar-refractivity contribution in [3.63, 3.8) is 0 Å². The van der Waals surface area contributed by atoms with Gasteiger partial charge >= 0.3 is 0 Å². The van der Waals surface area contributed by atoms with E-state index < -0.39 is 0 Å². The van der Waals surface area contributed by atoms with Gasteiger partial charge in [0.25, 0.3) is 0 Å². The molecule has 1 aliphatic carbocycles. The molecule has 1 heterocycles. The van der Waals surface area contributed by atoms with Gasteiger partial charge < -0.3 is 10.2 Å². The lowest BCUT2D eigenvalue weighted by Gasteiger charge is -2.27. The van der Waals surface area contributed by atoms with Crippen LogP contribution in [0.1, 0.15) is 53.4 Å². The van der Waals surface area contributed by atoms with E-state index in [1.54, 1.807) is 0 Å². The SMILES string of the molecule is CC(CCNC(C)(C)C)N1CC2CCCC2C1. The molecule has 0 aromatic rings. The average Bonchev–Trinajstić information content (AvgIpc) is 2.73. The highest BCUT2D eigenvalue weighted by Crippen LogP contribution is 2.38. The lowest BCUT2D eigenvalue weighted by atomic mass is 10.0. The minimum Gasteiger partial charge on any atom is -0.312 e. The standard InChI is InChI=1S/C15H30N2/c1-12(8-9-16-15(2,3)4)17-10-13-6-5-7-14(13)11-17/h12-14,16H,5-11H2,1-4H3.